The van der Waals surface area contributed by atoms with Gasteiger partial charge in [-0.15, -0.1) is 12.4 Å². The van der Waals surface area contributed by atoms with Crippen LogP contribution in [0.15, 0.2) is 18.3 Å². The fourth-order valence-electron chi connectivity index (χ4n) is 4.10. The van der Waals surface area contributed by atoms with Gasteiger partial charge >= 0.3 is 0 Å². The van der Waals surface area contributed by atoms with E-state index in [2.05, 4.69) is 36.4 Å². The summed E-state index contributed by atoms with van der Waals surface area (Å²) in [5.41, 5.74) is 6.79. The smallest absolute Gasteiger partial charge is 0.256 e. The largest absolute Gasteiger partial charge is 0.477 e. The maximum Gasteiger partial charge on any atom is 0.256 e. The SMILES string of the molecule is CCCCNC(=O)[C@@H](C[C@H](O)[C@@H](N)C[C@H](CNC(=O)c1cccnc1OCCCOC)C(C)C)C(C)C.Cl. The Morgan fingerprint density at radius 1 is 1.08 bits per heavy atom. The molecule has 0 fully saturated rings. The summed E-state index contributed by atoms with van der Waals surface area (Å²) in [6.45, 7) is 12.2. The summed E-state index contributed by atoms with van der Waals surface area (Å²) >= 11 is 0. The van der Waals surface area contributed by atoms with E-state index in [-0.39, 0.29) is 47.9 Å². The lowest BCUT2D eigenvalue weighted by atomic mass is 9.83. The van der Waals surface area contributed by atoms with Gasteiger partial charge in [0.05, 0.1) is 12.7 Å². The van der Waals surface area contributed by atoms with Crippen molar-refractivity contribution in [3.8, 4) is 5.88 Å². The summed E-state index contributed by atoms with van der Waals surface area (Å²) in [7, 11) is 1.63. The van der Waals surface area contributed by atoms with Crippen LogP contribution < -0.4 is 21.1 Å². The molecule has 0 aliphatic carbocycles. The number of rotatable bonds is 19. The van der Waals surface area contributed by atoms with Crippen molar-refractivity contribution >= 4 is 24.2 Å². The molecule has 1 aromatic heterocycles. The predicted octanol–water partition coefficient (Wildman–Crippen LogP) is 3.58. The molecule has 0 spiro atoms. The normalized spacial score (nSPS) is 14.4. The molecule has 0 unspecified atom stereocenters. The maximum absolute atomic E-state index is 12.9. The first-order valence-electron chi connectivity index (χ1n) is 13.7. The molecule has 38 heavy (non-hydrogen) atoms. The second-order valence-corrected chi connectivity index (χ2v) is 10.5. The molecule has 0 aliphatic rings. The number of aliphatic hydroxyl groups excluding tert-OH is 1. The number of methoxy groups -OCH3 is 1. The minimum absolute atomic E-state index is 0. The van der Waals surface area contributed by atoms with E-state index in [0.29, 0.717) is 57.0 Å². The van der Waals surface area contributed by atoms with Crippen LogP contribution in [0, 0.1) is 23.7 Å². The molecule has 220 valence electrons. The van der Waals surface area contributed by atoms with Gasteiger partial charge in [0.1, 0.15) is 5.56 Å². The first-order valence-corrected chi connectivity index (χ1v) is 13.7. The van der Waals surface area contributed by atoms with Gasteiger partial charge in [0.15, 0.2) is 0 Å². The van der Waals surface area contributed by atoms with Crippen LogP contribution >= 0.6 is 12.4 Å². The van der Waals surface area contributed by atoms with Crippen LogP contribution in [0.5, 0.6) is 5.88 Å². The fourth-order valence-corrected chi connectivity index (χ4v) is 4.10. The third kappa shape index (κ3) is 13.2. The minimum Gasteiger partial charge on any atom is -0.477 e. The molecular formula is C28H51ClN4O5. The molecule has 5 N–H and O–H groups in total. The number of carbonyl (C=O) groups excluding carboxylic acids is 2. The molecule has 9 nitrogen and oxygen atoms in total. The summed E-state index contributed by atoms with van der Waals surface area (Å²) in [6, 6.07) is 2.88. The number of nitrogens with zero attached hydrogens (tertiary/aromatic N) is 1. The van der Waals surface area contributed by atoms with Crippen molar-refractivity contribution < 1.29 is 24.2 Å². The van der Waals surface area contributed by atoms with Crippen molar-refractivity contribution in [3.63, 3.8) is 0 Å². The van der Waals surface area contributed by atoms with Gasteiger partial charge in [0, 0.05) is 51.4 Å². The first-order chi connectivity index (χ1) is 17.6. The van der Waals surface area contributed by atoms with Crippen LogP contribution in [0.1, 0.15) is 77.1 Å². The highest BCUT2D eigenvalue weighted by Crippen LogP contribution is 2.23. The van der Waals surface area contributed by atoms with Gasteiger partial charge in [-0.2, -0.15) is 0 Å². The monoisotopic (exact) mass is 558 g/mol. The van der Waals surface area contributed by atoms with Gasteiger partial charge in [-0.05, 0) is 49.1 Å². The quantitative estimate of drug-likeness (QED) is 0.190. The van der Waals surface area contributed by atoms with Crippen LogP contribution in [-0.2, 0) is 9.53 Å². The lowest BCUT2D eigenvalue weighted by Gasteiger charge is -2.30. The number of nitrogens with two attached hydrogens (primary N) is 1. The number of hydrogen-bond acceptors (Lipinski definition) is 7. The molecule has 0 bridgehead atoms. The van der Waals surface area contributed by atoms with Gasteiger partial charge < -0.3 is 30.9 Å². The van der Waals surface area contributed by atoms with E-state index < -0.39 is 12.1 Å². The number of nitrogens with one attached hydrogen (secondary N) is 2. The van der Waals surface area contributed by atoms with Crippen molar-refractivity contribution in [2.24, 2.45) is 29.4 Å². The minimum atomic E-state index is -0.813. The lowest BCUT2D eigenvalue weighted by molar-refractivity contribution is -0.127. The molecule has 1 aromatic rings. The number of aliphatic hydroxyl groups is 1. The average molecular weight is 559 g/mol. The molecule has 10 heteroatoms. The number of pyridine rings is 1. The van der Waals surface area contributed by atoms with Gasteiger partial charge in [0.25, 0.3) is 5.91 Å². The average Bonchev–Trinajstić information content (AvgIpc) is 2.87. The van der Waals surface area contributed by atoms with Crippen LogP contribution in [0.4, 0.5) is 0 Å². The second kappa shape index (κ2) is 20.0. The van der Waals surface area contributed by atoms with Crippen molar-refractivity contribution in [2.75, 3.05) is 33.4 Å². The summed E-state index contributed by atoms with van der Waals surface area (Å²) in [5, 5.41) is 16.8. The number of hydrogen-bond donors (Lipinski definition) is 4. The third-order valence-electron chi connectivity index (χ3n) is 6.75. The number of carbonyl (C=O) groups is 2. The standard InChI is InChI=1S/C28H50N4O5.ClH/c1-7-8-12-30-27(35)23(20(4)5)17-25(33)24(29)16-21(19(2)3)18-32-26(34)22-11-9-13-31-28(22)37-15-10-14-36-6;/h9,11,13,19-21,23-25,33H,7-8,10,12,14-18,29H2,1-6H3,(H,30,35)(H,32,34);1H/t21-,23+,24+,25+;/m1./s1. The molecule has 1 heterocycles. The number of amides is 2. The van der Waals surface area contributed by atoms with Crippen molar-refractivity contribution in [1.82, 2.24) is 15.6 Å². The predicted molar refractivity (Wildman–Crippen MR) is 154 cm³/mol. The van der Waals surface area contributed by atoms with Gasteiger partial charge in [0.2, 0.25) is 11.8 Å². The van der Waals surface area contributed by atoms with Gasteiger partial charge in [-0.3, -0.25) is 9.59 Å². The summed E-state index contributed by atoms with van der Waals surface area (Å²) in [6.07, 6.45) is 4.25. The summed E-state index contributed by atoms with van der Waals surface area (Å²) < 4.78 is 10.7. The lowest BCUT2D eigenvalue weighted by Crippen LogP contribution is -2.44. The zero-order chi connectivity index (χ0) is 27.8. The fraction of sp³-hybridized carbons (Fsp3) is 0.750. The van der Waals surface area contributed by atoms with Crippen molar-refractivity contribution in [2.45, 2.75) is 78.9 Å². The van der Waals surface area contributed by atoms with E-state index in [1.165, 1.54) is 0 Å². The van der Waals surface area contributed by atoms with E-state index in [1.807, 2.05) is 13.8 Å². The zero-order valence-corrected chi connectivity index (χ0v) is 24.9. The van der Waals surface area contributed by atoms with E-state index in [4.69, 9.17) is 15.2 Å². The molecule has 0 radical (unpaired) electrons. The van der Waals surface area contributed by atoms with E-state index in [1.54, 1.807) is 25.4 Å². The van der Waals surface area contributed by atoms with E-state index in [9.17, 15) is 14.7 Å². The Morgan fingerprint density at radius 3 is 2.39 bits per heavy atom. The highest BCUT2D eigenvalue weighted by Gasteiger charge is 2.29. The van der Waals surface area contributed by atoms with Crippen LogP contribution in [0.3, 0.4) is 0 Å². The van der Waals surface area contributed by atoms with Crippen LogP contribution in [0.25, 0.3) is 0 Å². The molecule has 0 saturated carbocycles. The number of unbranched alkanes of at least 4 members (excludes halogenated alkanes) is 1. The van der Waals surface area contributed by atoms with Crippen LogP contribution in [0.2, 0.25) is 0 Å². The van der Waals surface area contributed by atoms with Crippen LogP contribution in [-0.4, -0.2) is 67.5 Å². The Balaban J connectivity index is 0.0000137. The third-order valence-corrected chi connectivity index (χ3v) is 6.75. The Bertz CT molecular complexity index is 796. The molecule has 0 aliphatic heterocycles. The topological polar surface area (TPSA) is 136 Å². The zero-order valence-electron chi connectivity index (χ0n) is 24.1. The highest BCUT2D eigenvalue weighted by molar-refractivity contribution is 5.96. The molecule has 1 rings (SSSR count). The number of aromatic nitrogens is 1. The Morgan fingerprint density at radius 2 is 1.79 bits per heavy atom. The first kappa shape index (κ1) is 36.1. The molecule has 0 aromatic carbocycles. The van der Waals surface area contributed by atoms with E-state index >= 15 is 0 Å². The van der Waals surface area contributed by atoms with Crippen molar-refractivity contribution in [3.05, 3.63) is 23.9 Å². The van der Waals surface area contributed by atoms with Gasteiger partial charge in [-0.1, -0.05) is 41.0 Å². The molecular weight excluding hydrogens is 508 g/mol. The van der Waals surface area contributed by atoms with E-state index in [0.717, 1.165) is 12.8 Å². The Labute approximate surface area is 235 Å². The Hall–Kier alpha value is -1.94. The molecule has 2 amide bonds. The Kier molecular flexibility index (Phi) is 19.0. The molecule has 4 atom stereocenters. The summed E-state index contributed by atoms with van der Waals surface area (Å²) in [4.78, 5) is 29.8. The molecule has 0 saturated heterocycles. The maximum atomic E-state index is 12.9. The number of halogens is 1. The number of ether oxygens (including phenoxy) is 2. The van der Waals surface area contributed by atoms with Gasteiger partial charge in [-0.25, -0.2) is 4.98 Å². The highest BCUT2D eigenvalue weighted by atomic mass is 35.5. The van der Waals surface area contributed by atoms with Crippen molar-refractivity contribution in [1.29, 1.82) is 0 Å². The second-order valence-electron chi connectivity index (χ2n) is 10.5. The summed E-state index contributed by atoms with van der Waals surface area (Å²) in [5.74, 6) is 0.0679.